The predicted octanol–water partition coefficient (Wildman–Crippen LogP) is 4.10. The third kappa shape index (κ3) is 4.92. The van der Waals surface area contributed by atoms with Gasteiger partial charge in [-0.15, -0.1) is 5.06 Å². The fraction of sp³-hybridized carbons (Fsp3) is 0.333. The molecule has 10 heteroatoms. The fourth-order valence-corrected chi connectivity index (χ4v) is 4.39. The number of ether oxygens (including phenoxy) is 1. The summed E-state index contributed by atoms with van der Waals surface area (Å²) in [6.45, 7) is 6.40. The normalized spacial score (nSPS) is 16.6. The van der Waals surface area contributed by atoms with Crippen LogP contribution in [-0.4, -0.2) is 43.2 Å². The highest BCUT2D eigenvalue weighted by atomic mass is 16.7. The summed E-state index contributed by atoms with van der Waals surface area (Å²) in [5.41, 5.74) is 6.83. The molecule has 0 radical (unpaired) electrons. The number of hydroxylamine groups is 2. The van der Waals surface area contributed by atoms with Crippen molar-refractivity contribution in [1.82, 2.24) is 24.2 Å². The number of benzene rings is 2. The number of carbonyl (C=O) groups excluding carboxylic acids is 1. The lowest BCUT2D eigenvalue weighted by Gasteiger charge is -2.33. The second-order valence-corrected chi connectivity index (χ2v) is 10.1. The van der Waals surface area contributed by atoms with E-state index >= 15 is 0 Å². The maximum atomic E-state index is 13.8. The maximum Gasteiger partial charge on any atom is 0.335 e. The molecule has 4 aromatic rings. The zero-order valence-electron chi connectivity index (χ0n) is 21.1. The summed E-state index contributed by atoms with van der Waals surface area (Å²) in [4.78, 5) is 40.5. The number of anilines is 1. The molecule has 10 nitrogen and oxygen atoms in total. The number of nitrogen functional groups attached to an aromatic ring is 1. The minimum absolute atomic E-state index is 0.206. The van der Waals surface area contributed by atoms with Crippen molar-refractivity contribution < 1.29 is 14.4 Å². The molecule has 0 amide bonds. The molecule has 1 saturated heterocycles. The van der Waals surface area contributed by atoms with Gasteiger partial charge in [0.1, 0.15) is 23.3 Å². The molecule has 1 fully saturated rings. The van der Waals surface area contributed by atoms with Crippen LogP contribution in [0.3, 0.4) is 0 Å². The molecule has 2 aromatic carbocycles. The first-order valence-electron chi connectivity index (χ1n) is 12.3. The first-order chi connectivity index (χ1) is 17.7. The van der Waals surface area contributed by atoms with E-state index in [-0.39, 0.29) is 23.5 Å². The van der Waals surface area contributed by atoms with Crippen LogP contribution in [0.5, 0.6) is 11.5 Å². The third-order valence-corrected chi connectivity index (χ3v) is 6.30. The summed E-state index contributed by atoms with van der Waals surface area (Å²) >= 11 is 0. The zero-order valence-corrected chi connectivity index (χ0v) is 21.1. The van der Waals surface area contributed by atoms with Crippen LogP contribution in [0.2, 0.25) is 0 Å². The van der Waals surface area contributed by atoms with Gasteiger partial charge in [0, 0.05) is 6.54 Å². The first kappa shape index (κ1) is 24.5. The summed E-state index contributed by atoms with van der Waals surface area (Å²) in [6, 6.07) is 16.4. The number of nitrogens with two attached hydrogens (primary N) is 1. The largest absolute Gasteiger partial charge is 0.457 e. The summed E-state index contributed by atoms with van der Waals surface area (Å²) in [5, 5.41) is 1.64. The Hall–Kier alpha value is -4.18. The number of rotatable bonds is 5. The van der Waals surface area contributed by atoms with Crippen LogP contribution >= 0.6 is 0 Å². The van der Waals surface area contributed by atoms with Crippen molar-refractivity contribution in [3.05, 3.63) is 71.4 Å². The summed E-state index contributed by atoms with van der Waals surface area (Å²) in [7, 11) is 0. The number of carbonyl (C=O) groups is 1. The number of hydrogen-bond acceptors (Lipinski definition) is 8. The molecular formula is C27H30N6O4. The van der Waals surface area contributed by atoms with E-state index in [0.29, 0.717) is 35.7 Å². The standard InChI is InChI=1S/C27H30N6O4/c1-27(2,3)25(34)37-31-15-7-8-19(16-31)33-24-22(23(28)29-17-30-24)32(26(33)35)18-11-13-21(14-12-18)36-20-9-5-4-6-10-20/h4-6,9-14,17,19H,7-8,15-16H2,1-3H3,(H2,28,29,30). The van der Waals surface area contributed by atoms with Crippen molar-refractivity contribution in [3.63, 3.8) is 0 Å². The molecular weight excluding hydrogens is 472 g/mol. The second-order valence-electron chi connectivity index (χ2n) is 10.1. The van der Waals surface area contributed by atoms with Gasteiger partial charge in [-0.2, -0.15) is 0 Å². The van der Waals surface area contributed by atoms with Crippen LogP contribution < -0.4 is 16.2 Å². The Balaban J connectivity index is 1.49. The lowest BCUT2D eigenvalue weighted by molar-refractivity contribution is -0.206. The third-order valence-electron chi connectivity index (χ3n) is 6.30. The molecule has 1 unspecified atom stereocenters. The molecule has 5 rings (SSSR count). The van der Waals surface area contributed by atoms with E-state index in [4.69, 9.17) is 15.3 Å². The molecule has 192 valence electrons. The fourth-order valence-electron chi connectivity index (χ4n) is 4.39. The Bertz CT molecular complexity index is 1470. The van der Waals surface area contributed by atoms with Crippen LogP contribution in [-0.2, 0) is 9.63 Å². The molecule has 3 heterocycles. The van der Waals surface area contributed by atoms with Gasteiger partial charge in [0.25, 0.3) is 0 Å². The molecule has 1 aliphatic heterocycles. The van der Waals surface area contributed by atoms with Crippen LogP contribution in [0.1, 0.15) is 39.7 Å². The quantitative estimate of drug-likeness (QED) is 0.434. The molecule has 0 saturated carbocycles. The highest BCUT2D eigenvalue weighted by Gasteiger charge is 2.32. The predicted molar refractivity (Wildman–Crippen MR) is 139 cm³/mol. The van der Waals surface area contributed by atoms with Gasteiger partial charge in [0.15, 0.2) is 11.5 Å². The van der Waals surface area contributed by atoms with Gasteiger partial charge in [-0.3, -0.25) is 9.13 Å². The number of imidazole rings is 1. The first-order valence-corrected chi connectivity index (χ1v) is 12.3. The van der Waals surface area contributed by atoms with Crippen molar-refractivity contribution in [2.45, 2.75) is 39.7 Å². The molecule has 0 spiro atoms. The number of nitrogens with zero attached hydrogens (tertiary/aromatic N) is 5. The van der Waals surface area contributed by atoms with Crippen LogP contribution in [0.15, 0.2) is 65.7 Å². The zero-order chi connectivity index (χ0) is 26.2. The number of para-hydroxylation sites is 1. The van der Waals surface area contributed by atoms with Crippen molar-refractivity contribution in [3.8, 4) is 17.2 Å². The minimum atomic E-state index is -0.627. The number of piperidine rings is 1. The lowest BCUT2D eigenvalue weighted by Crippen LogP contribution is -2.42. The Kier molecular flexibility index (Phi) is 6.43. The van der Waals surface area contributed by atoms with E-state index in [2.05, 4.69) is 9.97 Å². The van der Waals surface area contributed by atoms with Gasteiger partial charge >= 0.3 is 11.7 Å². The smallest absolute Gasteiger partial charge is 0.335 e. The maximum absolute atomic E-state index is 13.8. The summed E-state index contributed by atoms with van der Waals surface area (Å²) < 4.78 is 9.05. The van der Waals surface area contributed by atoms with Gasteiger partial charge in [-0.25, -0.2) is 19.6 Å². The molecule has 0 bridgehead atoms. The van der Waals surface area contributed by atoms with Crippen molar-refractivity contribution in [2.75, 3.05) is 18.8 Å². The second kappa shape index (κ2) is 9.70. The highest BCUT2D eigenvalue weighted by Crippen LogP contribution is 2.29. The topological polar surface area (TPSA) is 118 Å². The van der Waals surface area contributed by atoms with Crippen molar-refractivity contribution >= 4 is 23.0 Å². The Labute approximate surface area is 214 Å². The average Bonchev–Trinajstić information content (AvgIpc) is 3.18. The van der Waals surface area contributed by atoms with E-state index < -0.39 is 5.41 Å². The van der Waals surface area contributed by atoms with Gasteiger partial charge < -0.3 is 15.3 Å². The Morgan fingerprint density at radius 2 is 1.73 bits per heavy atom. The number of aromatic nitrogens is 4. The van der Waals surface area contributed by atoms with Crippen LogP contribution in [0.4, 0.5) is 5.82 Å². The monoisotopic (exact) mass is 502 g/mol. The SMILES string of the molecule is CC(C)(C)C(=O)ON1CCCC(n2c(=O)n(-c3ccc(Oc4ccccc4)cc3)c3c(N)ncnc32)C1. The molecule has 1 aliphatic rings. The van der Waals surface area contributed by atoms with Crippen LogP contribution in [0.25, 0.3) is 16.9 Å². The number of hydrogen-bond donors (Lipinski definition) is 1. The summed E-state index contributed by atoms with van der Waals surface area (Å²) in [5.74, 6) is 1.25. The number of fused-ring (bicyclic) bond motifs is 1. The Morgan fingerprint density at radius 1 is 1.03 bits per heavy atom. The van der Waals surface area contributed by atoms with Crippen molar-refractivity contribution in [2.24, 2.45) is 5.41 Å². The molecule has 1 atom stereocenters. The van der Waals surface area contributed by atoms with Crippen LogP contribution in [0, 0.1) is 5.41 Å². The lowest BCUT2D eigenvalue weighted by atomic mass is 9.98. The molecule has 2 aromatic heterocycles. The van der Waals surface area contributed by atoms with Gasteiger partial charge in [0.05, 0.1) is 23.7 Å². The van der Waals surface area contributed by atoms with E-state index in [9.17, 15) is 9.59 Å². The Morgan fingerprint density at radius 3 is 2.43 bits per heavy atom. The molecule has 37 heavy (non-hydrogen) atoms. The summed E-state index contributed by atoms with van der Waals surface area (Å²) in [6.07, 6.45) is 2.85. The van der Waals surface area contributed by atoms with E-state index in [1.165, 1.54) is 10.9 Å². The minimum Gasteiger partial charge on any atom is -0.457 e. The van der Waals surface area contributed by atoms with E-state index in [0.717, 1.165) is 18.6 Å². The van der Waals surface area contributed by atoms with E-state index in [1.807, 2.05) is 51.1 Å². The van der Waals surface area contributed by atoms with E-state index in [1.54, 1.807) is 33.9 Å². The van der Waals surface area contributed by atoms with Gasteiger partial charge in [-0.1, -0.05) is 18.2 Å². The van der Waals surface area contributed by atoms with Gasteiger partial charge in [-0.05, 0) is 70.0 Å². The molecule has 0 aliphatic carbocycles. The average molecular weight is 503 g/mol. The van der Waals surface area contributed by atoms with Crippen molar-refractivity contribution in [1.29, 1.82) is 0 Å². The highest BCUT2D eigenvalue weighted by molar-refractivity contribution is 5.84. The molecule has 2 N–H and O–H groups in total. The van der Waals surface area contributed by atoms with Gasteiger partial charge in [0.2, 0.25) is 0 Å².